The molecule has 0 aliphatic rings. The molecule has 0 saturated carbocycles. The van der Waals surface area contributed by atoms with E-state index in [1.165, 1.54) is 29.5 Å². The molecule has 0 amide bonds. The van der Waals surface area contributed by atoms with Gasteiger partial charge < -0.3 is 4.42 Å². The van der Waals surface area contributed by atoms with Gasteiger partial charge in [-0.2, -0.15) is 0 Å². The molecule has 1 atom stereocenters. The van der Waals surface area contributed by atoms with Crippen molar-refractivity contribution in [2.24, 2.45) is 0 Å². The summed E-state index contributed by atoms with van der Waals surface area (Å²) in [6.07, 6.45) is 0. The molecule has 0 spiro atoms. The van der Waals surface area contributed by atoms with Gasteiger partial charge in [0.15, 0.2) is 5.58 Å². The van der Waals surface area contributed by atoms with Gasteiger partial charge in [-0.3, -0.25) is 4.98 Å². The minimum Gasteiger partial charge on any atom is -0.408 e. The molecule has 110 valence electrons. The molecule has 8 heteroatoms. The van der Waals surface area contributed by atoms with Gasteiger partial charge in [-0.25, -0.2) is 17.9 Å². The molecule has 1 aromatic carbocycles. The number of nitrogens with one attached hydrogen (secondary N) is 2. The lowest BCUT2D eigenvalue weighted by atomic mass is 10.3. The zero-order valence-corrected chi connectivity index (χ0v) is 12.6. The molecule has 0 aliphatic carbocycles. The second-order valence-electron chi connectivity index (χ2n) is 4.53. The number of rotatable bonds is 4. The Bertz CT molecular complexity index is 923. The number of H-pyrrole nitrogens is 1. The number of benzene rings is 1. The van der Waals surface area contributed by atoms with Crippen LogP contribution in [0.25, 0.3) is 11.1 Å². The molecular formula is C13H12N2O4S2. The fourth-order valence-corrected chi connectivity index (χ4v) is 4.04. The summed E-state index contributed by atoms with van der Waals surface area (Å²) in [6.45, 7) is 1.78. The first-order chi connectivity index (χ1) is 9.95. The average Bonchev–Trinajstić information content (AvgIpc) is 3.04. The lowest BCUT2D eigenvalue weighted by Gasteiger charge is -2.12. The molecule has 2 N–H and O–H groups in total. The quantitative estimate of drug-likeness (QED) is 0.769. The molecule has 2 aromatic heterocycles. The minimum atomic E-state index is -3.69. The van der Waals surface area contributed by atoms with Gasteiger partial charge in [0.05, 0.1) is 16.5 Å². The fourth-order valence-electron chi connectivity index (χ4n) is 1.99. The Hall–Kier alpha value is -1.90. The number of hydrogen-bond donors (Lipinski definition) is 2. The van der Waals surface area contributed by atoms with Crippen LogP contribution in [-0.4, -0.2) is 13.4 Å². The van der Waals surface area contributed by atoms with Gasteiger partial charge in [-0.05, 0) is 30.5 Å². The Morgan fingerprint density at radius 2 is 2.14 bits per heavy atom. The third-order valence-electron chi connectivity index (χ3n) is 3.00. The third kappa shape index (κ3) is 2.78. The summed E-state index contributed by atoms with van der Waals surface area (Å²) >= 11 is 1.48. The molecule has 0 bridgehead atoms. The van der Waals surface area contributed by atoms with Crippen LogP contribution in [0.15, 0.2) is 49.8 Å². The first kappa shape index (κ1) is 14.1. The number of hydrogen-bond acceptors (Lipinski definition) is 5. The van der Waals surface area contributed by atoms with Crippen LogP contribution in [0.5, 0.6) is 0 Å². The zero-order valence-electron chi connectivity index (χ0n) is 11.0. The molecule has 1 unspecified atom stereocenters. The van der Waals surface area contributed by atoms with Gasteiger partial charge in [-0.15, -0.1) is 11.3 Å². The van der Waals surface area contributed by atoms with Crippen molar-refractivity contribution in [2.45, 2.75) is 17.9 Å². The Morgan fingerprint density at radius 3 is 2.86 bits per heavy atom. The number of sulfonamides is 1. The maximum atomic E-state index is 12.4. The average molecular weight is 324 g/mol. The van der Waals surface area contributed by atoms with Gasteiger partial charge in [0, 0.05) is 10.9 Å². The van der Waals surface area contributed by atoms with Gasteiger partial charge in [0.1, 0.15) is 0 Å². The molecular weight excluding hydrogens is 312 g/mol. The summed E-state index contributed by atoms with van der Waals surface area (Å²) in [5.41, 5.74) is 0.678. The zero-order chi connectivity index (χ0) is 15.0. The third-order valence-corrected chi connectivity index (χ3v) is 5.60. The topological polar surface area (TPSA) is 92.2 Å². The number of aromatic amines is 1. The number of thiophene rings is 1. The number of fused-ring (bicyclic) bond motifs is 1. The van der Waals surface area contributed by atoms with E-state index in [1.54, 1.807) is 6.92 Å². The first-order valence-electron chi connectivity index (χ1n) is 6.14. The van der Waals surface area contributed by atoms with Crippen molar-refractivity contribution in [3.63, 3.8) is 0 Å². The van der Waals surface area contributed by atoms with Crippen LogP contribution in [0.3, 0.4) is 0 Å². The fraction of sp³-hybridized carbons (Fsp3) is 0.154. The molecule has 3 rings (SSSR count). The Labute approximate surface area is 124 Å². The van der Waals surface area contributed by atoms with Crippen molar-refractivity contribution in [1.82, 2.24) is 9.71 Å². The molecule has 21 heavy (non-hydrogen) atoms. The highest BCUT2D eigenvalue weighted by Crippen LogP contribution is 2.22. The van der Waals surface area contributed by atoms with E-state index in [2.05, 4.69) is 9.71 Å². The summed E-state index contributed by atoms with van der Waals surface area (Å²) in [4.78, 5) is 14.5. The summed E-state index contributed by atoms with van der Waals surface area (Å²) in [6, 6.07) is 7.67. The van der Waals surface area contributed by atoms with Crippen LogP contribution < -0.4 is 10.5 Å². The number of aromatic nitrogens is 1. The predicted octanol–water partition coefficient (Wildman–Crippen LogP) is 2.22. The van der Waals surface area contributed by atoms with E-state index < -0.39 is 15.8 Å². The highest BCUT2D eigenvalue weighted by atomic mass is 32.2. The van der Waals surface area contributed by atoms with Gasteiger partial charge in [0.2, 0.25) is 10.0 Å². The Balaban J connectivity index is 1.94. The summed E-state index contributed by atoms with van der Waals surface area (Å²) in [5.74, 6) is -0.612. The van der Waals surface area contributed by atoms with E-state index in [1.807, 2.05) is 17.5 Å². The van der Waals surface area contributed by atoms with E-state index in [-0.39, 0.29) is 16.5 Å². The molecule has 6 nitrogen and oxygen atoms in total. The Kier molecular flexibility index (Phi) is 3.44. The van der Waals surface area contributed by atoms with Crippen LogP contribution in [-0.2, 0) is 10.0 Å². The second kappa shape index (κ2) is 5.14. The van der Waals surface area contributed by atoms with Crippen molar-refractivity contribution >= 4 is 32.5 Å². The highest BCUT2D eigenvalue weighted by Gasteiger charge is 2.20. The van der Waals surface area contributed by atoms with Crippen molar-refractivity contribution in [2.75, 3.05) is 0 Å². The van der Waals surface area contributed by atoms with E-state index in [0.29, 0.717) is 5.52 Å². The summed E-state index contributed by atoms with van der Waals surface area (Å²) in [5, 5.41) is 1.89. The molecule has 3 aromatic rings. The van der Waals surface area contributed by atoms with Crippen LogP contribution >= 0.6 is 11.3 Å². The van der Waals surface area contributed by atoms with Gasteiger partial charge >= 0.3 is 5.76 Å². The maximum Gasteiger partial charge on any atom is 0.417 e. The smallest absolute Gasteiger partial charge is 0.408 e. The normalized spacial score (nSPS) is 13.6. The molecule has 0 fully saturated rings. The molecule has 0 saturated heterocycles. The summed E-state index contributed by atoms with van der Waals surface area (Å²) in [7, 11) is -3.69. The van der Waals surface area contributed by atoms with Crippen LogP contribution in [0, 0.1) is 0 Å². The number of oxazole rings is 1. The van der Waals surface area contributed by atoms with E-state index >= 15 is 0 Å². The first-order valence-corrected chi connectivity index (χ1v) is 8.50. The monoisotopic (exact) mass is 324 g/mol. The lowest BCUT2D eigenvalue weighted by molar-refractivity contribution is 0.552. The van der Waals surface area contributed by atoms with Crippen LogP contribution in [0.4, 0.5) is 0 Å². The van der Waals surface area contributed by atoms with Crippen LogP contribution in [0.2, 0.25) is 0 Å². The van der Waals surface area contributed by atoms with E-state index in [9.17, 15) is 13.2 Å². The van der Waals surface area contributed by atoms with Crippen molar-refractivity contribution < 1.29 is 12.8 Å². The van der Waals surface area contributed by atoms with Gasteiger partial charge in [-0.1, -0.05) is 6.07 Å². The predicted molar refractivity (Wildman–Crippen MR) is 79.9 cm³/mol. The van der Waals surface area contributed by atoms with Gasteiger partial charge in [0.25, 0.3) is 0 Å². The minimum absolute atomic E-state index is 0.0566. The Morgan fingerprint density at radius 1 is 1.33 bits per heavy atom. The largest absolute Gasteiger partial charge is 0.417 e. The van der Waals surface area contributed by atoms with Crippen molar-refractivity contribution in [3.8, 4) is 0 Å². The van der Waals surface area contributed by atoms with Crippen molar-refractivity contribution in [1.29, 1.82) is 0 Å². The van der Waals surface area contributed by atoms with E-state index in [4.69, 9.17) is 4.42 Å². The van der Waals surface area contributed by atoms with Crippen LogP contribution in [0.1, 0.15) is 17.8 Å². The second-order valence-corrected chi connectivity index (χ2v) is 7.22. The van der Waals surface area contributed by atoms with E-state index in [0.717, 1.165) is 4.88 Å². The van der Waals surface area contributed by atoms with Crippen molar-refractivity contribution in [3.05, 3.63) is 51.1 Å². The standard InChI is InChI=1S/C13H12N2O4S2/c1-8(12-3-2-6-20-12)15-21(17,18)9-4-5-10-11(7-9)19-13(16)14-10/h2-8,15H,1H3,(H,14,16). The molecule has 0 aliphatic heterocycles. The highest BCUT2D eigenvalue weighted by molar-refractivity contribution is 7.89. The maximum absolute atomic E-state index is 12.4. The molecule has 0 radical (unpaired) electrons. The SMILES string of the molecule is CC(NS(=O)(=O)c1ccc2[nH]c(=O)oc2c1)c1cccs1. The summed E-state index contributed by atoms with van der Waals surface area (Å²) < 4.78 is 32.2. The molecule has 2 heterocycles. The lowest BCUT2D eigenvalue weighted by Crippen LogP contribution is -2.26.